The average molecular weight is 191 g/mol. The SMILES string of the molecule is Cc1ccc(C(C)(C)C(C)(C)C)nc1. The highest BCUT2D eigenvalue weighted by atomic mass is 14.7. The van der Waals surface area contributed by atoms with Crippen LogP contribution in [0.5, 0.6) is 0 Å². The summed E-state index contributed by atoms with van der Waals surface area (Å²) in [7, 11) is 0. The van der Waals surface area contributed by atoms with Crippen molar-refractivity contribution in [3.05, 3.63) is 29.6 Å². The maximum Gasteiger partial charge on any atom is 0.0465 e. The van der Waals surface area contributed by atoms with Crippen molar-refractivity contribution in [3.8, 4) is 0 Å². The number of rotatable bonds is 1. The molecule has 1 aromatic rings. The molecule has 1 rings (SSSR count). The van der Waals surface area contributed by atoms with Crippen molar-refractivity contribution < 1.29 is 0 Å². The Hall–Kier alpha value is -0.850. The molecular formula is C13H21N. The lowest BCUT2D eigenvalue weighted by Crippen LogP contribution is -2.34. The summed E-state index contributed by atoms with van der Waals surface area (Å²) in [4.78, 5) is 4.52. The predicted molar refractivity (Wildman–Crippen MR) is 61.5 cm³/mol. The van der Waals surface area contributed by atoms with E-state index in [0.29, 0.717) is 0 Å². The van der Waals surface area contributed by atoms with Gasteiger partial charge in [-0.2, -0.15) is 0 Å². The molecule has 0 aromatic carbocycles. The Morgan fingerprint density at radius 3 is 1.93 bits per heavy atom. The van der Waals surface area contributed by atoms with E-state index in [4.69, 9.17) is 0 Å². The summed E-state index contributed by atoms with van der Waals surface area (Å²) in [5.74, 6) is 0. The van der Waals surface area contributed by atoms with Crippen LogP contribution in [0.1, 0.15) is 45.9 Å². The van der Waals surface area contributed by atoms with Crippen LogP contribution in [0.15, 0.2) is 18.3 Å². The van der Waals surface area contributed by atoms with Crippen LogP contribution >= 0.6 is 0 Å². The molecule has 0 aliphatic rings. The second-order valence-electron chi connectivity index (χ2n) is 5.60. The highest BCUT2D eigenvalue weighted by molar-refractivity contribution is 5.21. The Morgan fingerprint density at radius 1 is 1.00 bits per heavy atom. The lowest BCUT2D eigenvalue weighted by atomic mass is 9.67. The Balaban J connectivity index is 3.10. The van der Waals surface area contributed by atoms with E-state index < -0.39 is 0 Å². The van der Waals surface area contributed by atoms with E-state index >= 15 is 0 Å². The summed E-state index contributed by atoms with van der Waals surface area (Å²) in [5, 5.41) is 0. The number of nitrogens with zero attached hydrogens (tertiary/aromatic N) is 1. The molecule has 1 heteroatoms. The lowest BCUT2D eigenvalue weighted by Gasteiger charge is -2.38. The molecule has 0 bridgehead atoms. The molecule has 78 valence electrons. The molecule has 0 saturated heterocycles. The number of hydrogen-bond acceptors (Lipinski definition) is 1. The van der Waals surface area contributed by atoms with Crippen LogP contribution in [0.25, 0.3) is 0 Å². The minimum atomic E-state index is 0.112. The molecule has 0 N–H and O–H groups in total. The van der Waals surface area contributed by atoms with Crippen molar-refractivity contribution >= 4 is 0 Å². The number of aryl methyl sites for hydroxylation is 1. The summed E-state index contributed by atoms with van der Waals surface area (Å²) < 4.78 is 0. The van der Waals surface area contributed by atoms with Crippen LogP contribution in [-0.4, -0.2) is 4.98 Å². The van der Waals surface area contributed by atoms with Gasteiger partial charge in [0.25, 0.3) is 0 Å². The first kappa shape index (κ1) is 11.2. The van der Waals surface area contributed by atoms with Crippen molar-refractivity contribution in [1.82, 2.24) is 4.98 Å². The molecule has 0 radical (unpaired) electrons. The summed E-state index contributed by atoms with van der Waals surface area (Å²) >= 11 is 0. The van der Waals surface area contributed by atoms with Gasteiger partial charge >= 0.3 is 0 Å². The zero-order chi connectivity index (χ0) is 11.0. The van der Waals surface area contributed by atoms with Crippen LogP contribution in [0.2, 0.25) is 0 Å². The Kier molecular flexibility index (Phi) is 2.71. The molecule has 0 amide bonds. The third-order valence-electron chi connectivity index (χ3n) is 3.43. The highest BCUT2D eigenvalue weighted by Crippen LogP contribution is 2.39. The molecule has 0 atom stereocenters. The Labute approximate surface area is 87.6 Å². The zero-order valence-corrected chi connectivity index (χ0v) is 10.2. The van der Waals surface area contributed by atoms with Gasteiger partial charge in [0.1, 0.15) is 0 Å². The zero-order valence-electron chi connectivity index (χ0n) is 10.2. The van der Waals surface area contributed by atoms with Gasteiger partial charge in [0.15, 0.2) is 0 Å². The van der Waals surface area contributed by atoms with Crippen molar-refractivity contribution in [2.24, 2.45) is 5.41 Å². The van der Waals surface area contributed by atoms with E-state index in [2.05, 4.69) is 58.7 Å². The van der Waals surface area contributed by atoms with Crippen LogP contribution in [0.4, 0.5) is 0 Å². The van der Waals surface area contributed by atoms with Gasteiger partial charge in [0, 0.05) is 17.3 Å². The maximum atomic E-state index is 4.52. The summed E-state index contributed by atoms with van der Waals surface area (Å²) in [6.07, 6.45) is 1.95. The van der Waals surface area contributed by atoms with Crippen molar-refractivity contribution in [1.29, 1.82) is 0 Å². The van der Waals surface area contributed by atoms with Gasteiger partial charge in [0.2, 0.25) is 0 Å². The van der Waals surface area contributed by atoms with Crippen molar-refractivity contribution in [3.63, 3.8) is 0 Å². The highest BCUT2D eigenvalue weighted by Gasteiger charge is 2.35. The van der Waals surface area contributed by atoms with E-state index in [-0.39, 0.29) is 10.8 Å². The number of pyridine rings is 1. The van der Waals surface area contributed by atoms with E-state index in [9.17, 15) is 0 Å². The first-order valence-electron chi connectivity index (χ1n) is 5.18. The fraction of sp³-hybridized carbons (Fsp3) is 0.615. The largest absolute Gasteiger partial charge is 0.260 e. The predicted octanol–water partition coefficient (Wildman–Crippen LogP) is 3.71. The van der Waals surface area contributed by atoms with Gasteiger partial charge in [-0.05, 0) is 24.0 Å². The van der Waals surface area contributed by atoms with Crippen LogP contribution in [0.3, 0.4) is 0 Å². The maximum absolute atomic E-state index is 4.52. The quantitative estimate of drug-likeness (QED) is 0.659. The first-order valence-corrected chi connectivity index (χ1v) is 5.18. The van der Waals surface area contributed by atoms with Crippen LogP contribution in [-0.2, 0) is 5.41 Å². The van der Waals surface area contributed by atoms with Crippen LogP contribution in [0, 0.1) is 12.3 Å². The van der Waals surface area contributed by atoms with Gasteiger partial charge in [-0.1, -0.05) is 40.7 Å². The molecular weight excluding hydrogens is 170 g/mol. The van der Waals surface area contributed by atoms with Crippen LogP contribution < -0.4 is 0 Å². The van der Waals surface area contributed by atoms with Crippen molar-refractivity contribution in [2.75, 3.05) is 0 Å². The minimum absolute atomic E-state index is 0.112. The fourth-order valence-electron chi connectivity index (χ4n) is 1.22. The second-order valence-corrected chi connectivity index (χ2v) is 5.60. The number of hydrogen-bond donors (Lipinski definition) is 0. The molecule has 14 heavy (non-hydrogen) atoms. The van der Waals surface area contributed by atoms with E-state index in [0.717, 1.165) is 0 Å². The van der Waals surface area contributed by atoms with Gasteiger partial charge in [0.05, 0.1) is 0 Å². The summed E-state index contributed by atoms with van der Waals surface area (Å²) in [6, 6.07) is 4.27. The molecule has 0 aliphatic heterocycles. The Morgan fingerprint density at radius 2 is 1.57 bits per heavy atom. The van der Waals surface area contributed by atoms with Gasteiger partial charge in [-0.15, -0.1) is 0 Å². The molecule has 0 unspecified atom stereocenters. The topological polar surface area (TPSA) is 12.9 Å². The minimum Gasteiger partial charge on any atom is -0.260 e. The summed E-state index contributed by atoms with van der Waals surface area (Å²) in [6.45, 7) is 13.4. The van der Waals surface area contributed by atoms with Gasteiger partial charge in [-0.3, -0.25) is 4.98 Å². The first-order chi connectivity index (χ1) is 6.25. The molecule has 0 aliphatic carbocycles. The fourth-order valence-corrected chi connectivity index (χ4v) is 1.22. The monoisotopic (exact) mass is 191 g/mol. The normalized spacial score (nSPS) is 13.0. The Bertz CT molecular complexity index is 301. The van der Waals surface area contributed by atoms with Crippen molar-refractivity contribution in [2.45, 2.75) is 47.0 Å². The summed E-state index contributed by atoms with van der Waals surface area (Å²) in [5.41, 5.74) is 2.74. The smallest absolute Gasteiger partial charge is 0.0465 e. The molecule has 1 heterocycles. The van der Waals surface area contributed by atoms with Gasteiger partial charge in [-0.25, -0.2) is 0 Å². The van der Waals surface area contributed by atoms with E-state index in [1.165, 1.54) is 11.3 Å². The lowest BCUT2D eigenvalue weighted by molar-refractivity contribution is 0.219. The average Bonchev–Trinajstić information content (AvgIpc) is 2.03. The number of aromatic nitrogens is 1. The standard InChI is InChI=1S/C13H21N/c1-10-7-8-11(14-9-10)13(5,6)12(2,3)4/h7-9H,1-6H3. The molecule has 0 saturated carbocycles. The van der Waals surface area contributed by atoms with E-state index in [1.807, 2.05) is 6.20 Å². The third-order valence-corrected chi connectivity index (χ3v) is 3.43. The van der Waals surface area contributed by atoms with Gasteiger partial charge < -0.3 is 0 Å². The molecule has 0 fully saturated rings. The second kappa shape index (κ2) is 3.38. The third kappa shape index (κ3) is 1.97. The molecule has 0 spiro atoms. The van der Waals surface area contributed by atoms with E-state index in [1.54, 1.807) is 0 Å². The molecule has 1 nitrogen and oxygen atoms in total. The molecule has 1 aromatic heterocycles.